The average Bonchev–Trinajstić information content (AvgIpc) is 2.36. The molecule has 1 atom stereocenters. The number of nitrogens with one attached hydrogen (secondary N) is 1. The van der Waals surface area contributed by atoms with Gasteiger partial charge in [-0.05, 0) is 16.6 Å². The van der Waals surface area contributed by atoms with E-state index in [1.807, 2.05) is 0 Å². The number of esters is 1. The molecule has 19 heavy (non-hydrogen) atoms. The first-order chi connectivity index (χ1) is 8.95. The van der Waals surface area contributed by atoms with Crippen LogP contribution in [0.3, 0.4) is 0 Å². The smallest absolute Gasteiger partial charge is 0.328 e. The van der Waals surface area contributed by atoms with Gasteiger partial charge in [-0.25, -0.2) is 9.18 Å². The fourth-order valence-corrected chi connectivity index (χ4v) is 1.76. The van der Waals surface area contributed by atoms with Gasteiger partial charge in [0.2, 0.25) is 0 Å². The van der Waals surface area contributed by atoms with Crippen molar-refractivity contribution in [2.75, 3.05) is 7.11 Å². The SMILES string of the molecule is C=C(Br)C[C@@H](NC(=O)c1ccccc1F)C(=O)OC. The molecule has 0 spiro atoms. The highest BCUT2D eigenvalue weighted by atomic mass is 79.9. The zero-order valence-corrected chi connectivity index (χ0v) is 11.9. The molecule has 0 aliphatic rings. The van der Waals surface area contributed by atoms with Gasteiger partial charge in [-0.2, -0.15) is 0 Å². The summed E-state index contributed by atoms with van der Waals surface area (Å²) in [5.74, 6) is -1.95. The van der Waals surface area contributed by atoms with Crippen LogP contribution in [0.1, 0.15) is 16.8 Å². The molecule has 4 nitrogen and oxygen atoms in total. The number of amides is 1. The van der Waals surface area contributed by atoms with Gasteiger partial charge in [0.25, 0.3) is 5.91 Å². The summed E-state index contributed by atoms with van der Waals surface area (Å²) in [6.07, 6.45) is 0.160. The number of hydrogen-bond donors (Lipinski definition) is 1. The van der Waals surface area contributed by atoms with E-state index in [1.54, 1.807) is 0 Å². The Morgan fingerprint density at radius 2 is 2.11 bits per heavy atom. The molecule has 1 N–H and O–H groups in total. The number of benzene rings is 1. The molecule has 0 heterocycles. The molecule has 1 rings (SSSR count). The third-order valence-electron chi connectivity index (χ3n) is 2.34. The highest BCUT2D eigenvalue weighted by molar-refractivity contribution is 9.11. The minimum Gasteiger partial charge on any atom is -0.467 e. The Hall–Kier alpha value is -1.69. The topological polar surface area (TPSA) is 55.4 Å². The van der Waals surface area contributed by atoms with E-state index in [9.17, 15) is 14.0 Å². The van der Waals surface area contributed by atoms with Crippen LogP contribution in [0.4, 0.5) is 4.39 Å². The van der Waals surface area contributed by atoms with Gasteiger partial charge in [0.05, 0.1) is 12.7 Å². The lowest BCUT2D eigenvalue weighted by Gasteiger charge is -2.16. The van der Waals surface area contributed by atoms with E-state index in [0.717, 1.165) is 0 Å². The second-order valence-corrected chi connectivity index (χ2v) is 4.87. The Morgan fingerprint density at radius 3 is 2.63 bits per heavy atom. The highest BCUT2D eigenvalue weighted by Gasteiger charge is 2.23. The summed E-state index contributed by atoms with van der Waals surface area (Å²) in [6.45, 7) is 3.59. The van der Waals surface area contributed by atoms with Gasteiger partial charge in [0, 0.05) is 6.42 Å². The third-order valence-corrected chi connectivity index (χ3v) is 2.66. The molecule has 0 aliphatic heterocycles. The third kappa shape index (κ3) is 4.48. The molecule has 0 fully saturated rings. The van der Waals surface area contributed by atoms with Gasteiger partial charge in [-0.1, -0.05) is 34.6 Å². The van der Waals surface area contributed by atoms with Crippen LogP contribution in [0.25, 0.3) is 0 Å². The zero-order chi connectivity index (χ0) is 14.4. The Kier molecular flexibility index (Phi) is 5.69. The molecule has 0 saturated carbocycles. The van der Waals surface area contributed by atoms with Crippen LogP contribution in [0.15, 0.2) is 35.3 Å². The fraction of sp³-hybridized carbons (Fsp3) is 0.231. The number of methoxy groups -OCH3 is 1. The van der Waals surface area contributed by atoms with Gasteiger partial charge < -0.3 is 10.1 Å². The van der Waals surface area contributed by atoms with E-state index in [4.69, 9.17) is 0 Å². The molecule has 1 aromatic rings. The largest absolute Gasteiger partial charge is 0.467 e. The van der Waals surface area contributed by atoms with Crippen LogP contribution >= 0.6 is 15.9 Å². The fourth-order valence-electron chi connectivity index (χ4n) is 1.44. The molecular weight excluding hydrogens is 317 g/mol. The summed E-state index contributed by atoms with van der Waals surface area (Å²) in [5, 5.41) is 2.41. The Balaban J connectivity index is 2.85. The molecule has 102 valence electrons. The van der Waals surface area contributed by atoms with Crippen LogP contribution in [-0.4, -0.2) is 25.0 Å². The summed E-state index contributed by atoms with van der Waals surface area (Å²) >= 11 is 3.11. The van der Waals surface area contributed by atoms with Gasteiger partial charge in [0.1, 0.15) is 11.9 Å². The van der Waals surface area contributed by atoms with E-state index in [1.165, 1.54) is 31.4 Å². The Morgan fingerprint density at radius 1 is 1.47 bits per heavy atom. The Bertz CT molecular complexity index is 504. The van der Waals surface area contributed by atoms with Crippen molar-refractivity contribution in [1.82, 2.24) is 5.32 Å². The van der Waals surface area contributed by atoms with Crippen molar-refractivity contribution >= 4 is 27.8 Å². The number of halogens is 2. The predicted molar refractivity (Wildman–Crippen MR) is 72.4 cm³/mol. The van der Waals surface area contributed by atoms with Gasteiger partial charge in [-0.15, -0.1) is 0 Å². The van der Waals surface area contributed by atoms with Crippen LogP contribution in [0, 0.1) is 5.82 Å². The quantitative estimate of drug-likeness (QED) is 0.844. The maximum Gasteiger partial charge on any atom is 0.328 e. The highest BCUT2D eigenvalue weighted by Crippen LogP contribution is 2.13. The molecule has 6 heteroatoms. The first kappa shape index (κ1) is 15.4. The average molecular weight is 330 g/mol. The van der Waals surface area contributed by atoms with E-state index in [-0.39, 0.29) is 12.0 Å². The minimum absolute atomic E-state index is 0.128. The summed E-state index contributed by atoms with van der Waals surface area (Å²) in [4.78, 5) is 23.4. The van der Waals surface area contributed by atoms with E-state index >= 15 is 0 Å². The lowest BCUT2D eigenvalue weighted by atomic mass is 10.1. The molecule has 0 aromatic heterocycles. The lowest BCUT2D eigenvalue weighted by Crippen LogP contribution is -2.41. The number of hydrogen-bond acceptors (Lipinski definition) is 3. The summed E-state index contributed by atoms with van der Waals surface area (Å²) in [5.41, 5.74) is -0.128. The zero-order valence-electron chi connectivity index (χ0n) is 10.3. The first-order valence-electron chi connectivity index (χ1n) is 5.42. The molecule has 1 amide bonds. The van der Waals surface area contributed by atoms with Gasteiger partial charge in [0.15, 0.2) is 0 Å². The summed E-state index contributed by atoms with van der Waals surface area (Å²) < 4.78 is 18.5. The van der Waals surface area contributed by atoms with Crippen LogP contribution in [-0.2, 0) is 9.53 Å². The van der Waals surface area contributed by atoms with Crippen molar-refractivity contribution in [3.63, 3.8) is 0 Å². The molecular formula is C13H13BrFNO3. The number of carbonyl (C=O) groups is 2. The molecule has 1 aromatic carbocycles. The van der Waals surface area contributed by atoms with Crippen molar-refractivity contribution in [3.05, 3.63) is 46.7 Å². The van der Waals surface area contributed by atoms with E-state index < -0.39 is 23.7 Å². The molecule has 0 radical (unpaired) electrons. The van der Waals surface area contributed by atoms with E-state index in [2.05, 4.69) is 32.6 Å². The van der Waals surface area contributed by atoms with Crippen LogP contribution in [0.5, 0.6) is 0 Å². The lowest BCUT2D eigenvalue weighted by molar-refractivity contribution is -0.142. The van der Waals surface area contributed by atoms with Gasteiger partial charge >= 0.3 is 5.97 Å². The summed E-state index contributed by atoms with van der Waals surface area (Å²) in [6, 6.07) is 4.61. The van der Waals surface area contributed by atoms with Crippen LogP contribution in [0.2, 0.25) is 0 Å². The maximum absolute atomic E-state index is 13.4. The van der Waals surface area contributed by atoms with Crippen molar-refractivity contribution in [3.8, 4) is 0 Å². The second-order valence-electron chi connectivity index (χ2n) is 3.75. The minimum atomic E-state index is -0.913. The number of ether oxygens (including phenoxy) is 1. The number of rotatable bonds is 5. The second kappa shape index (κ2) is 7.04. The molecule has 0 aliphatic carbocycles. The number of carbonyl (C=O) groups excluding carboxylic acids is 2. The maximum atomic E-state index is 13.4. The molecule has 0 bridgehead atoms. The van der Waals surface area contributed by atoms with Crippen molar-refractivity contribution < 1.29 is 18.7 Å². The van der Waals surface area contributed by atoms with Gasteiger partial charge in [-0.3, -0.25) is 4.79 Å². The predicted octanol–water partition coefficient (Wildman–Crippen LogP) is 2.40. The normalized spacial score (nSPS) is 11.5. The van der Waals surface area contributed by atoms with Crippen LogP contribution < -0.4 is 5.32 Å². The monoisotopic (exact) mass is 329 g/mol. The summed E-state index contributed by atoms with van der Waals surface area (Å²) in [7, 11) is 1.21. The molecule has 0 unspecified atom stereocenters. The molecule has 0 saturated heterocycles. The van der Waals surface area contributed by atoms with Crippen molar-refractivity contribution in [2.45, 2.75) is 12.5 Å². The standard InChI is InChI=1S/C13H13BrFNO3/c1-8(14)7-11(13(18)19-2)16-12(17)9-5-3-4-6-10(9)15/h3-6,11H,1,7H2,2H3,(H,16,17)/t11-/m1/s1. The van der Waals surface area contributed by atoms with Crippen molar-refractivity contribution in [2.24, 2.45) is 0 Å². The first-order valence-corrected chi connectivity index (χ1v) is 6.21. The van der Waals surface area contributed by atoms with E-state index in [0.29, 0.717) is 4.48 Å². The Labute approximate surface area is 118 Å². The van der Waals surface area contributed by atoms with Crippen molar-refractivity contribution in [1.29, 1.82) is 0 Å².